The molecule has 6 heteroatoms. The number of hydrogen-bond acceptors (Lipinski definition) is 5. The molecule has 0 aromatic rings. The van der Waals surface area contributed by atoms with Gasteiger partial charge in [-0.15, -0.1) is 0 Å². The van der Waals surface area contributed by atoms with Gasteiger partial charge in [-0.3, -0.25) is 9.59 Å². The molecule has 0 aliphatic rings. The van der Waals surface area contributed by atoms with E-state index in [1.807, 2.05) is 0 Å². The van der Waals surface area contributed by atoms with Gasteiger partial charge in [-0.1, -0.05) is 320 Å². The Labute approximate surface area is 481 Å². The Balaban J connectivity index is 3.41. The normalized spacial score (nSPS) is 12.7. The van der Waals surface area contributed by atoms with Gasteiger partial charge in [0.1, 0.15) is 0 Å². The van der Waals surface area contributed by atoms with E-state index < -0.39 is 12.1 Å². The number of allylic oxidation sites excluding steroid dienone is 6. The first-order chi connectivity index (χ1) is 38.0. The number of amides is 1. The van der Waals surface area contributed by atoms with Gasteiger partial charge >= 0.3 is 5.97 Å². The Morgan fingerprint density at radius 1 is 0.364 bits per heavy atom. The SMILES string of the molecule is CCCCCC/C=C\C/C=C\CCCCCCCC(=O)OCCCCCCCCCCCCCC/C=C\CCCCCCCCCCC(=O)NC(CO)C(O)CCCCCCCCCCCCCCCCCCCCCC. The Bertz CT molecular complexity index is 1250. The Morgan fingerprint density at radius 3 is 1.01 bits per heavy atom. The van der Waals surface area contributed by atoms with Crippen LogP contribution in [0.3, 0.4) is 0 Å². The first kappa shape index (κ1) is 75.1. The lowest BCUT2D eigenvalue weighted by molar-refractivity contribution is -0.143. The molecule has 3 N–H and O–H groups in total. The summed E-state index contributed by atoms with van der Waals surface area (Å²) >= 11 is 0. The van der Waals surface area contributed by atoms with Crippen LogP contribution in [0.15, 0.2) is 36.5 Å². The molecule has 0 aliphatic carbocycles. The molecule has 0 fully saturated rings. The second kappa shape index (κ2) is 66.6. The first-order valence-electron chi connectivity index (χ1n) is 34.7. The molecule has 2 atom stereocenters. The molecule has 0 radical (unpaired) electrons. The first-order valence-corrected chi connectivity index (χ1v) is 34.7. The number of nitrogens with one attached hydrogen (secondary N) is 1. The van der Waals surface area contributed by atoms with E-state index in [2.05, 4.69) is 55.6 Å². The van der Waals surface area contributed by atoms with Gasteiger partial charge in [0.05, 0.1) is 25.4 Å². The summed E-state index contributed by atoms with van der Waals surface area (Å²) in [6, 6.07) is -0.546. The number of hydrogen-bond donors (Lipinski definition) is 3. The molecule has 0 aliphatic heterocycles. The average molecular weight is 1080 g/mol. The quantitative estimate of drug-likeness (QED) is 0.0320. The summed E-state index contributed by atoms with van der Waals surface area (Å²) in [4.78, 5) is 24.6. The third-order valence-corrected chi connectivity index (χ3v) is 16.2. The molecule has 0 aromatic carbocycles. The zero-order valence-corrected chi connectivity index (χ0v) is 52.0. The van der Waals surface area contributed by atoms with Crippen LogP contribution >= 0.6 is 0 Å². The van der Waals surface area contributed by atoms with E-state index in [-0.39, 0.29) is 18.5 Å². The summed E-state index contributed by atoms with van der Waals surface area (Å²) in [5.74, 6) is -0.0366. The summed E-state index contributed by atoms with van der Waals surface area (Å²) in [6.07, 6.45) is 84.6. The van der Waals surface area contributed by atoms with E-state index >= 15 is 0 Å². The fourth-order valence-corrected chi connectivity index (χ4v) is 10.8. The smallest absolute Gasteiger partial charge is 0.305 e. The van der Waals surface area contributed by atoms with Crippen molar-refractivity contribution in [2.75, 3.05) is 13.2 Å². The molecule has 0 spiro atoms. The van der Waals surface area contributed by atoms with Crippen molar-refractivity contribution < 1.29 is 24.5 Å². The van der Waals surface area contributed by atoms with Crippen molar-refractivity contribution in [1.29, 1.82) is 0 Å². The number of esters is 1. The third kappa shape index (κ3) is 63.1. The van der Waals surface area contributed by atoms with Gasteiger partial charge in [0.15, 0.2) is 0 Å². The Hall–Kier alpha value is -1.92. The monoisotopic (exact) mass is 1080 g/mol. The van der Waals surface area contributed by atoms with E-state index in [1.165, 1.54) is 295 Å². The lowest BCUT2D eigenvalue weighted by Crippen LogP contribution is -2.45. The standard InChI is InChI=1S/C71H135NO5/c1-3-5-7-9-11-13-15-17-19-21-22-29-32-35-39-43-47-51-55-59-63-69(74)68(67-73)72-70(75)64-60-56-52-48-44-40-36-33-30-27-25-23-24-26-28-31-34-38-42-46-50-54-58-62-66-77-71(76)65-61-57-53-49-45-41-37-20-18-16-14-12-10-8-6-4-2/h14,16,20,25,27,37,68-69,73-74H,3-13,15,17-19,21-24,26,28-36,38-67H2,1-2H3,(H,72,75)/b16-14-,27-25-,37-20-. The number of carbonyl (C=O) groups is 2. The molecule has 1 amide bonds. The van der Waals surface area contributed by atoms with Gasteiger partial charge in [0, 0.05) is 12.8 Å². The van der Waals surface area contributed by atoms with Crippen molar-refractivity contribution >= 4 is 11.9 Å². The van der Waals surface area contributed by atoms with Crippen LogP contribution in [0, 0.1) is 0 Å². The fourth-order valence-electron chi connectivity index (χ4n) is 10.8. The maximum absolute atomic E-state index is 12.5. The molecule has 0 saturated heterocycles. The van der Waals surface area contributed by atoms with Crippen molar-refractivity contribution in [1.82, 2.24) is 5.32 Å². The minimum Gasteiger partial charge on any atom is -0.466 e. The molecular weight excluding hydrogens is 947 g/mol. The number of rotatable bonds is 65. The summed E-state index contributed by atoms with van der Waals surface area (Å²) in [7, 11) is 0. The summed E-state index contributed by atoms with van der Waals surface area (Å²) in [6.45, 7) is 4.96. The number of aliphatic hydroxyl groups excluding tert-OH is 2. The van der Waals surface area contributed by atoms with Crippen LogP contribution in [-0.4, -0.2) is 47.4 Å². The third-order valence-electron chi connectivity index (χ3n) is 16.2. The van der Waals surface area contributed by atoms with E-state index in [0.717, 1.165) is 51.4 Å². The van der Waals surface area contributed by atoms with Gasteiger partial charge in [-0.2, -0.15) is 0 Å². The second-order valence-electron chi connectivity index (χ2n) is 23.9. The number of aliphatic hydroxyl groups is 2. The van der Waals surface area contributed by atoms with Crippen molar-refractivity contribution in [2.24, 2.45) is 0 Å². The molecule has 0 aromatic heterocycles. The van der Waals surface area contributed by atoms with Crippen LogP contribution in [0.25, 0.3) is 0 Å². The van der Waals surface area contributed by atoms with Crippen LogP contribution in [-0.2, 0) is 14.3 Å². The van der Waals surface area contributed by atoms with Crippen molar-refractivity contribution in [2.45, 2.75) is 392 Å². The maximum atomic E-state index is 12.5. The topological polar surface area (TPSA) is 95.9 Å². The number of carbonyl (C=O) groups excluding carboxylic acids is 2. The molecule has 77 heavy (non-hydrogen) atoms. The van der Waals surface area contributed by atoms with Gasteiger partial charge in [0.25, 0.3) is 0 Å². The molecule has 0 bridgehead atoms. The van der Waals surface area contributed by atoms with Crippen LogP contribution < -0.4 is 5.32 Å². The number of ether oxygens (including phenoxy) is 1. The lowest BCUT2D eigenvalue weighted by Gasteiger charge is -2.22. The van der Waals surface area contributed by atoms with Crippen LogP contribution in [0.4, 0.5) is 0 Å². The maximum Gasteiger partial charge on any atom is 0.305 e. The molecule has 454 valence electrons. The Kier molecular flexibility index (Phi) is 64.9. The average Bonchev–Trinajstić information content (AvgIpc) is 3.43. The lowest BCUT2D eigenvalue weighted by atomic mass is 10.0. The van der Waals surface area contributed by atoms with Crippen LogP contribution in [0.5, 0.6) is 0 Å². The molecule has 0 rings (SSSR count). The summed E-state index contributed by atoms with van der Waals surface area (Å²) in [5, 5.41) is 23.4. The Morgan fingerprint density at radius 2 is 0.649 bits per heavy atom. The highest BCUT2D eigenvalue weighted by Crippen LogP contribution is 2.18. The predicted octanol–water partition coefficient (Wildman–Crippen LogP) is 22.3. The minimum atomic E-state index is -0.669. The highest BCUT2D eigenvalue weighted by molar-refractivity contribution is 5.76. The molecule has 2 unspecified atom stereocenters. The van der Waals surface area contributed by atoms with Crippen LogP contribution in [0.1, 0.15) is 380 Å². The molecular formula is C71H135NO5. The van der Waals surface area contributed by atoms with Crippen molar-refractivity contribution in [3.63, 3.8) is 0 Å². The van der Waals surface area contributed by atoms with E-state index in [4.69, 9.17) is 4.74 Å². The largest absolute Gasteiger partial charge is 0.466 e. The van der Waals surface area contributed by atoms with Crippen LogP contribution in [0.2, 0.25) is 0 Å². The predicted molar refractivity (Wildman–Crippen MR) is 338 cm³/mol. The molecule has 6 nitrogen and oxygen atoms in total. The fraction of sp³-hybridized carbons (Fsp3) is 0.887. The molecule has 0 heterocycles. The van der Waals surface area contributed by atoms with E-state index in [1.54, 1.807) is 0 Å². The zero-order chi connectivity index (χ0) is 55.7. The highest BCUT2D eigenvalue weighted by Gasteiger charge is 2.20. The van der Waals surface area contributed by atoms with Crippen molar-refractivity contribution in [3.8, 4) is 0 Å². The number of unbranched alkanes of at least 4 members (excludes halogenated alkanes) is 48. The second-order valence-corrected chi connectivity index (χ2v) is 23.9. The van der Waals surface area contributed by atoms with Gasteiger partial charge < -0.3 is 20.3 Å². The van der Waals surface area contributed by atoms with Gasteiger partial charge in [-0.25, -0.2) is 0 Å². The molecule has 0 saturated carbocycles. The highest BCUT2D eigenvalue weighted by atomic mass is 16.5. The van der Waals surface area contributed by atoms with E-state index in [9.17, 15) is 19.8 Å². The van der Waals surface area contributed by atoms with Gasteiger partial charge in [-0.05, 0) is 83.5 Å². The summed E-state index contributed by atoms with van der Waals surface area (Å²) < 4.78 is 5.49. The van der Waals surface area contributed by atoms with Gasteiger partial charge in [0.2, 0.25) is 5.91 Å². The minimum absolute atomic E-state index is 0.000420. The summed E-state index contributed by atoms with van der Waals surface area (Å²) in [5.41, 5.74) is 0. The van der Waals surface area contributed by atoms with Crippen molar-refractivity contribution in [3.05, 3.63) is 36.5 Å². The van der Waals surface area contributed by atoms with E-state index in [0.29, 0.717) is 25.9 Å². The zero-order valence-electron chi connectivity index (χ0n) is 52.0.